The second kappa shape index (κ2) is 5.08. The van der Waals surface area contributed by atoms with Crippen molar-refractivity contribution in [3.8, 4) is 0 Å². The Hall–Kier alpha value is -0.390. The van der Waals surface area contributed by atoms with Crippen molar-refractivity contribution in [2.24, 2.45) is 0 Å². The van der Waals surface area contributed by atoms with Crippen LogP contribution < -0.4 is 0 Å². The third-order valence-electron chi connectivity index (χ3n) is 3.21. The fourth-order valence-electron chi connectivity index (χ4n) is 2.15. The van der Waals surface area contributed by atoms with Gasteiger partial charge in [0, 0.05) is 17.1 Å². The molecule has 0 saturated carbocycles. The van der Waals surface area contributed by atoms with Gasteiger partial charge in [-0.2, -0.15) is 0 Å². The number of benzene rings is 1. The lowest BCUT2D eigenvalue weighted by Gasteiger charge is -2.23. The molecule has 1 aromatic carbocycles. The summed E-state index contributed by atoms with van der Waals surface area (Å²) in [7, 11) is -0.805. The molecule has 0 bridgehead atoms. The van der Waals surface area contributed by atoms with E-state index in [0.29, 0.717) is 11.5 Å². The minimum absolute atomic E-state index is 0.159. The van der Waals surface area contributed by atoms with E-state index < -0.39 is 9.84 Å². The Kier molecular flexibility index (Phi) is 3.90. The van der Waals surface area contributed by atoms with E-state index in [2.05, 4.69) is 26.9 Å². The van der Waals surface area contributed by atoms with Crippen LogP contribution >= 0.6 is 15.9 Å². The molecule has 1 fully saturated rings. The summed E-state index contributed by atoms with van der Waals surface area (Å²) in [4.78, 5) is 2.13. The Morgan fingerprint density at radius 1 is 1.41 bits per heavy atom. The lowest BCUT2D eigenvalue weighted by Crippen LogP contribution is -2.32. The average Bonchev–Trinajstić information content (AvgIpc) is 2.62. The fraction of sp³-hybridized carbons (Fsp3) is 0.500. The van der Waals surface area contributed by atoms with Crippen molar-refractivity contribution in [2.75, 3.05) is 18.6 Å². The minimum Gasteiger partial charge on any atom is -0.298 e. The zero-order valence-electron chi connectivity index (χ0n) is 9.77. The summed E-state index contributed by atoms with van der Waals surface area (Å²) in [6, 6.07) is 8.21. The molecule has 1 aromatic rings. The Morgan fingerprint density at radius 3 is 2.71 bits per heavy atom. The SMILES string of the molecule is CN(Cc1ccccc1Br)[C@H]1CCS(=O)(=O)C1. The Labute approximate surface area is 111 Å². The summed E-state index contributed by atoms with van der Waals surface area (Å²) in [5.74, 6) is 0.631. The largest absolute Gasteiger partial charge is 0.298 e. The van der Waals surface area contributed by atoms with Gasteiger partial charge in [0.2, 0.25) is 0 Å². The molecule has 1 aliphatic heterocycles. The van der Waals surface area contributed by atoms with Crippen LogP contribution in [0, 0.1) is 0 Å². The van der Waals surface area contributed by atoms with E-state index in [-0.39, 0.29) is 6.04 Å². The van der Waals surface area contributed by atoms with Gasteiger partial charge in [-0.05, 0) is 25.1 Å². The highest BCUT2D eigenvalue weighted by atomic mass is 79.9. The lowest BCUT2D eigenvalue weighted by molar-refractivity contribution is 0.253. The van der Waals surface area contributed by atoms with Crippen molar-refractivity contribution in [3.63, 3.8) is 0 Å². The van der Waals surface area contributed by atoms with Crippen LogP contribution in [0.25, 0.3) is 0 Å². The molecule has 1 atom stereocenters. The van der Waals surface area contributed by atoms with Crippen LogP contribution in [-0.4, -0.2) is 37.9 Å². The van der Waals surface area contributed by atoms with Gasteiger partial charge in [-0.15, -0.1) is 0 Å². The number of rotatable bonds is 3. The monoisotopic (exact) mass is 317 g/mol. The first-order valence-electron chi connectivity index (χ1n) is 5.62. The molecular formula is C12H16BrNO2S. The first-order chi connectivity index (χ1) is 7.98. The van der Waals surface area contributed by atoms with Gasteiger partial charge in [0.15, 0.2) is 9.84 Å². The van der Waals surface area contributed by atoms with Gasteiger partial charge in [-0.25, -0.2) is 8.42 Å². The van der Waals surface area contributed by atoms with Crippen molar-refractivity contribution in [1.29, 1.82) is 0 Å². The minimum atomic E-state index is -2.80. The third-order valence-corrected chi connectivity index (χ3v) is 5.73. The van der Waals surface area contributed by atoms with Crippen molar-refractivity contribution in [3.05, 3.63) is 34.3 Å². The second-order valence-corrected chi connectivity index (χ2v) is 7.65. The maximum absolute atomic E-state index is 11.4. The molecule has 0 aliphatic carbocycles. The summed E-state index contributed by atoms with van der Waals surface area (Å²) in [5.41, 5.74) is 1.19. The normalized spacial score (nSPS) is 23.1. The van der Waals surface area contributed by atoms with E-state index in [0.717, 1.165) is 17.4 Å². The van der Waals surface area contributed by atoms with Crippen LogP contribution in [-0.2, 0) is 16.4 Å². The van der Waals surface area contributed by atoms with Crippen LogP contribution in [0.2, 0.25) is 0 Å². The van der Waals surface area contributed by atoms with Crippen LogP contribution in [0.3, 0.4) is 0 Å². The molecule has 0 aromatic heterocycles. The number of sulfone groups is 1. The summed E-state index contributed by atoms with van der Waals surface area (Å²) < 4.78 is 23.9. The fourth-order valence-corrected chi connectivity index (χ4v) is 4.36. The van der Waals surface area contributed by atoms with Crippen LogP contribution in [0.4, 0.5) is 0 Å². The summed E-state index contributed by atoms with van der Waals surface area (Å²) >= 11 is 3.51. The van der Waals surface area contributed by atoms with E-state index in [9.17, 15) is 8.42 Å². The van der Waals surface area contributed by atoms with Crippen molar-refractivity contribution >= 4 is 25.8 Å². The molecule has 17 heavy (non-hydrogen) atoms. The number of hydrogen-bond donors (Lipinski definition) is 0. The molecule has 1 aliphatic rings. The topological polar surface area (TPSA) is 37.4 Å². The highest BCUT2D eigenvalue weighted by molar-refractivity contribution is 9.10. The van der Waals surface area contributed by atoms with Gasteiger partial charge in [0.1, 0.15) is 0 Å². The molecule has 0 unspecified atom stereocenters. The first-order valence-corrected chi connectivity index (χ1v) is 8.23. The predicted molar refractivity (Wildman–Crippen MR) is 72.7 cm³/mol. The molecule has 0 N–H and O–H groups in total. The third kappa shape index (κ3) is 3.30. The molecule has 3 nitrogen and oxygen atoms in total. The van der Waals surface area contributed by atoms with Gasteiger partial charge in [-0.3, -0.25) is 4.90 Å². The first kappa shape index (κ1) is 13.1. The van der Waals surface area contributed by atoms with E-state index in [1.54, 1.807) is 0 Å². The van der Waals surface area contributed by atoms with Gasteiger partial charge in [-0.1, -0.05) is 34.1 Å². The van der Waals surface area contributed by atoms with Crippen molar-refractivity contribution in [1.82, 2.24) is 4.90 Å². The van der Waals surface area contributed by atoms with Crippen LogP contribution in [0.5, 0.6) is 0 Å². The van der Waals surface area contributed by atoms with E-state index in [4.69, 9.17) is 0 Å². The maximum atomic E-state index is 11.4. The Morgan fingerprint density at radius 2 is 2.12 bits per heavy atom. The van der Waals surface area contributed by atoms with Gasteiger partial charge < -0.3 is 0 Å². The highest BCUT2D eigenvalue weighted by Gasteiger charge is 2.30. The summed E-state index contributed by atoms with van der Waals surface area (Å²) in [5, 5.41) is 0. The standard InChI is InChI=1S/C12H16BrNO2S/c1-14(11-6-7-17(15,16)9-11)8-10-4-2-3-5-12(10)13/h2-5,11H,6-9H2,1H3/t11-/m0/s1. The molecule has 0 radical (unpaired) electrons. The zero-order chi connectivity index (χ0) is 12.5. The predicted octanol–water partition coefficient (Wildman–Crippen LogP) is 2.07. The highest BCUT2D eigenvalue weighted by Crippen LogP contribution is 2.22. The number of nitrogens with zero attached hydrogens (tertiary/aromatic N) is 1. The number of hydrogen-bond acceptors (Lipinski definition) is 3. The van der Waals surface area contributed by atoms with Crippen molar-refractivity contribution in [2.45, 2.75) is 19.0 Å². The molecule has 1 saturated heterocycles. The van der Waals surface area contributed by atoms with Crippen molar-refractivity contribution < 1.29 is 8.42 Å². The van der Waals surface area contributed by atoms with Crippen LogP contribution in [0.1, 0.15) is 12.0 Å². The summed E-state index contributed by atoms with van der Waals surface area (Å²) in [6.07, 6.45) is 0.753. The molecule has 1 heterocycles. The smallest absolute Gasteiger partial charge is 0.151 e. The average molecular weight is 318 g/mol. The van der Waals surface area contributed by atoms with E-state index in [1.807, 2.05) is 25.2 Å². The number of halogens is 1. The quantitative estimate of drug-likeness (QED) is 0.856. The molecule has 0 spiro atoms. The summed E-state index contributed by atoms with van der Waals surface area (Å²) in [6.45, 7) is 0.779. The van der Waals surface area contributed by atoms with Gasteiger partial charge in [0.05, 0.1) is 11.5 Å². The van der Waals surface area contributed by atoms with E-state index >= 15 is 0 Å². The molecule has 94 valence electrons. The van der Waals surface area contributed by atoms with E-state index in [1.165, 1.54) is 5.56 Å². The molecule has 2 rings (SSSR count). The van der Waals surface area contributed by atoms with Gasteiger partial charge >= 0.3 is 0 Å². The second-order valence-electron chi connectivity index (χ2n) is 4.56. The molecule has 0 amide bonds. The van der Waals surface area contributed by atoms with Gasteiger partial charge in [0.25, 0.3) is 0 Å². The zero-order valence-corrected chi connectivity index (χ0v) is 12.2. The Bertz CT molecular complexity index is 501. The maximum Gasteiger partial charge on any atom is 0.151 e. The Balaban J connectivity index is 2.03. The molecular weight excluding hydrogens is 302 g/mol. The lowest BCUT2D eigenvalue weighted by atomic mass is 10.1. The van der Waals surface area contributed by atoms with Crippen LogP contribution in [0.15, 0.2) is 28.7 Å². The molecule has 5 heteroatoms.